The second kappa shape index (κ2) is 9.67. The average Bonchev–Trinajstić information content (AvgIpc) is 2.77. The zero-order chi connectivity index (χ0) is 21.8. The van der Waals surface area contributed by atoms with Gasteiger partial charge in [-0.15, -0.1) is 0 Å². The highest BCUT2D eigenvalue weighted by Crippen LogP contribution is 2.30. The number of rotatable bonds is 6. The van der Waals surface area contributed by atoms with Crippen molar-refractivity contribution >= 4 is 34.3 Å². The fourth-order valence-corrected chi connectivity index (χ4v) is 4.22. The number of carbonyl (C=O) groups is 1. The van der Waals surface area contributed by atoms with Crippen molar-refractivity contribution in [2.45, 2.75) is 23.7 Å². The van der Waals surface area contributed by atoms with Crippen LogP contribution in [0.3, 0.4) is 0 Å². The first-order chi connectivity index (χ1) is 15.0. The first-order valence-electron chi connectivity index (χ1n) is 9.98. The monoisotopic (exact) mass is 444 g/mol. The summed E-state index contributed by atoms with van der Waals surface area (Å²) in [7, 11) is 0. The van der Waals surface area contributed by atoms with E-state index in [1.54, 1.807) is 6.92 Å². The van der Waals surface area contributed by atoms with Crippen LogP contribution in [0.1, 0.15) is 12.7 Å². The minimum atomic E-state index is -0.688. The number of hydrogen-bond donors (Lipinski definition) is 1. The molecule has 3 aromatic rings. The van der Waals surface area contributed by atoms with Crippen molar-refractivity contribution in [3.63, 3.8) is 0 Å². The number of halogens is 2. The lowest BCUT2D eigenvalue weighted by Gasteiger charge is -2.26. The van der Waals surface area contributed by atoms with Gasteiger partial charge in [-0.3, -0.25) is 9.69 Å². The minimum absolute atomic E-state index is 0.182. The number of amides is 1. The van der Waals surface area contributed by atoms with Gasteiger partial charge in [0.05, 0.1) is 36.2 Å². The van der Waals surface area contributed by atoms with Crippen LogP contribution in [0.5, 0.6) is 0 Å². The summed E-state index contributed by atoms with van der Waals surface area (Å²) in [5, 5.41) is 3.39. The van der Waals surface area contributed by atoms with Crippen LogP contribution in [0, 0.1) is 11.6 Å². The summed E-state index contributed by atoms with van der Waals surface area (Å²) >= 11 is 1.26. The van der Waals surface area contributed by atoms with Crippen LogP contribution in [0.2, 0.25) is 0 Å². The van der Waals surface area contributed by atoms with Crippen molar-refractivity contribution < 1.29 is 18.3 Å². The summed E-state index contributed by atoms with van der Waals surface area (Å²) in [4.78, 5) is 24.2. The third-order valence-corrected chi connectivity index (χ3v) is 6.03. The molecule has 6 nitrogen and oxygen atoms in total. The normalized spacial score (nSPS) is 15.7. The van der Waals surface area contributed by atoms with Crippen LogP contribution in [-0.2, 0) is 16.1 Å². The highest BCUT2D eigenvalue weighted by atomic mass is 32.2. The maximum absolute atomic E-state index is 13.9. The Morgan fingerprint density at radius 1 is 1.19 bits per heavy atom. The molecule has 0 radical (unpaired) electrons. The molecule has 1 fully saturated rings. The number of para-hydroxylation sites is 1. The van der Waals surface area contributed by atoms with E-state index in [1.807, 2.05) is 24.3 Å². The van der Waals surface area contributed by atoms with E-state index in [0.29, 0.717) is 30.6 Å². The molecule has 9 heteroatoms. The van der Waals surface area contributed by atoms with Gasteiger partial charge in [-0.25, -0.2) is 18.7 Å². The number of benzene rings is 2. The highest BCUT2D eigenvalue weighted by Gasteiger charge is 2.20. The second-order valence-electron chi connectivity index (χ2n) is 7.22. The van der Waals surface area contributed by atoms with E-state index < -0.39 is 22.8 Å². The Balaban J connectivity index is 1.54. The molecule has 1 aromatic heterocycles. The number of hydrogen-bond acceptors (Lipinski definition) is 6. The zero-order valence-corrected chi connectivity index (χ0v) is 17.8. The molecule has 0 spiro atoms. The van der Waals surface area contributed by atoms with Crippen LogP contribution < -0.4 is 5.32 Å². The summed E-state index contributed by atoms with van der Waals surface area (Å²) in [6.45, 7) is 5.30. The molecular formula is C22H22F2N4O2S. The first kappa shape index (κ1) is 21.6. The Morgan fingerprint density at radius 3 is 2.77 bits per heavy atom. The molecule has 1 aliphatic heterocycles. The van der Waals surface area contributed by atoms with Gasteiger partial charge in [-0.05, 0) is 25.1 Å². The molecular weight excluding hydrogens is 422 g/mol. The van der Waals surface area contributed by atoms with Crippen molar-refractivity contribution in [1.29, 1.82) is 0 Å². The molecule has 162 valence electrons. The molecule has 1 atom stereocenters. The van der Waals surface area contributed by atoms with E-state index in [0.717, 1.165) is 42.2 Å². The van der Waals surface area contributed by atoms with Crippen molar-refractivity contribution in [1.82, 2.24) is 14.9 Å². The van der Waals surface area contributed by atoms with E-state index in [9.17, 15) is 13.6 Å². The van der Waals surface area contributed by atoms with Gasteiger partial charge in [0, 0.05) is 24.5 Å². The summed E-state index contributed by atoms with van der Waals surface area (Å²) in [5.41, 5.74) is 0.616. The van der Waals surface area contributed by atoms with Crippen molar-refractivity contribution in [2.24, 2.45) is 0 Å². The number of ether oxygens (including phenoxy) is 1. The Hall–Kier alpha value is -2.62. The third kappa shape index (κ3) is 5.36. The fraction of sp³-hybridized carbons (Fsp3) is 0.318. The second-order valence-corrected chi connectivity index (χ2v) is 8.55. The predicted octanol–water partition coefficient (Wildman–Crippen LogP) is 3.86. The number of morpholine rings is 1. The summed E-state index contributed by atoms with van der Waals surface area (Å²) < 4.78 is 32.7. The predicted molar refractivity (Wildman–Crippen MR) is 116 cm³/mol. The maximum Gasteiger partial charge on any atom is 0.237 e. The minimum Gasteiger partial charge on any atom is -0.379 e. The molecule has 1 unspecified atom stereocenters. The standard InChI is InChI=1S/C22H22F2N4O2S/c1-14(21(29)26-19-12-15(23)6-7-17(19)24)31-22-16-4-2-3-5-18(16)25-20(27-22)13-28-8-10-30-11-9-28/h2-7,12,14H,8-11,13H2,1H3,(H,26,29). The molecule has 1 amide bonds. The van der Waals surface area contributed by atoms with E-state index in [2.05, 4.69) is 15.2 Å². The SMILES string of the molecule is CC(Sc1nc(CN2CCOCC2)nc2ccccc12)C(=O)Nc1cc(F)ccc1F. The van der Waals surface area contributed by atoms with E-state index in [4.69, 9.17) is 9.72 Å². The lowest BCUT2D eigenvalue weighted by molar-refractivity contribution is -0.115. The van der Waals surface area contributed by atoms with Gasteiger partial charge in [0.1, 0.15) is 22.5 Å². The molecule has 1 saturated heterocycles. The van der Waals surface area contributed by atoms with Crippen LogP contribution >= 0.6 is 11.8 Å². The average molecular weight is 445 g/mol. The highest BCUT2D eigenvalue weighted by molar-refractivity contribution is 8.00. The Kier molecular flexibility index (Phi) is 6.74. The lowest BCUT2D eigenvalue weighted by atomic mass is 10.2. The summed E-state index contributed by atoms with van der Waals surface area (Å²) in [5.74, 6) is -1.07. The van der Waals surface area contributed by atoms with Crippen molar-refractivity contribution in [3.8, 4) is 0 Å². The van der Waals surface area contributed by atoms with Crippen molar-refractivity contribution in [2.75, 3.05) is 31.6 Å². The van der Waals surface area contributed by atoms with Gasteiger partial charge in [0.2, 0.25) is 5.91 Å². The van der Waals surface area contributed by atoms with E-state index in [1.165, 1.54) is 11.8 Å². The van der Waals surface area contributed by atoms with Gasteiger partial charge in [0.15, 0.2) is 0 Å². The molecule has 2 aromatic carbocycles. The number of aromatic nitrogens is 2. The number of fused-ring (bicyclic) bond motifs is 1. The van der Waals surface area contributed by atoms with Gasteiger partial charge in [0.25, 0.3) is 0 Å². The lowest BCUT2D eigenvalue weighted by Crippen LogP contribution is -2.36. The smallest absolute Gasteiger partial charge is 0.237 e. The Labute approximate surface area is 183 Å². The molecule has 0 saturated carbocycles. The van der Waals surface area contributed by atoms with Crippen LogP contribution in [0.4, 0.5) is 14.5 Å². The summed E-state index contributed by atoms with van der Waals surface area (Å²) in [6.07, 6.45) is 0. The molecule has 4 rings (SSSR count). The zero-order valence-electron chi connectivity index (χ0n) is 17.0. The van der Waals surface area contributed by atoms with Gasteiger partial charge < -0.3 is 10.1 Å². The summed E-state index contributed by atoms with van der Waals surface area (Å²) in [6, 6.07) is 10.6. The number of carbonyl (C=O) groups excluding carboxylic acids is 1. The molecule has 31 heavy (non-hydrogen) atoms. The number of thioether (sulfide) groups is 1. The quantitative estimate of drug-likeness (QED) is 0.460. The number of anilines is 1. The third-order valence-electron chi connectivity index (χ3n) is 4.93. The van der Waals surface area contributed by atoms with Crippen molar-refractivity contribution in [3.05, 3.63) is 59.9 Å². The maximum atomic E-state index is 13.9. The molecule has 2 heterocycles. The van der Waals surface area contributed by atoms with E-state index >= 15 is 0 Å². The Bertz CT molecular complexity index is 1090. The number of nitrogens with one attached hydrogen (secondary N) is 1. The van der Waals surface area contributed by atoms with Gasteiger partial charge >= 0.3 is 0 Å². The largest absolute Gasteiger partial charge is 0.379 e. The number of nitrogens with zero attached hydrogens (tertiary/aromatic N) is 3. The van der Waals surface area contributed by atoms with Crippen LogP contribution in [-0.4, -0.2) is 52.3 Å². The molecule has 0 aliphatic carbocycles. The topological polar surface area (TPSA) is 67.3 Å². The molecule has 0 bridgehead atoms. The fourth-order valence-electron chi connectivity index (χ4n) is 3.26. The van der Waals surface area contributed by atoms with Gasteiger partial charge in [-0.2, -0.15) is 0 Å². The first-order valence-corrected chi connectivity index (χ1v) is 10.9. The van der Waals surface area contributed by atoms with Gasteiger partial charge in [-0.1, -0.05) is 30.0 Å². The van der Waals surface area contributed by atoms with Crippen LogP contribution in [0.25, 0.3) is 10.9 Å². The van der Waals surface area contributed by atoms with E-state index in [-0.39, 0.29) is 5.69 Å². The Morgan fingerprint density at radius 2 is 1.97 bits per heavy atom. The molecule has 1 aliphatic rings. The molecule has 1 N–H and O–H groups in total. The van der Waals surface area contributed by atoms with Crippen LogP contribution in [0.15, 0.2) is 47.5 Å².